The fraction of sp³-hybridized carbons (Fsp3) is 0.444. The Hall–Kier alpha value is -1.32. The number of nitrogens with one attached hydrogen (secondary N) is 1. The smallest absolute Gasteiger partial charge is 0.125 e. The quantitative estimate of drug-likeness (QED) is 0.801. The van der Waals surface area contributed by atoms with E-state index in [1.807, 2.05) is 0 Å². The molecule has 0 amide bonds. The lowest BCUT2D eigenvalue weighted by Gasteiger charge is -2.14. The number of rotatable bonds is 7. The van der Waals surface area contributed by atoms with Gasteiger partial charge in [0.15, 0.2) is 0 Å². The molecule has 0 aliphatic heterocycles. The average Bonchev–Trinajstić information content (AvgIpc) is 2.90. The number of ether oxygens (including phenoxy) is 1. The van der Waals surface area contributed by atoms with E-state index in [1.165, 1.54) is 22.3 Å². The fourth-order valence-electron chi connectivity index (χ4n) is 2.41. The van der Waals surface area contributed by atoms with Gasteiger partial charge in [0.25, 0.3) is 0 Å². The van der Waals surface area contributed by atoms with Gasteiger partial charge in [0.05, 0.1) is 0 Å². The molecule has 1 aromatic carbocycles. The number of benzene rings is 1. The minimum absolute atomic E-state index is 0.649. The summed E-state index contributed by atoms with van der Waals surface area (Å²) in [6.07, 6.45) is 0. The fourth-order valence-corrected chi connectivity index (χ4v) is 3.06. The standard InChI is InChI=1S/C18H25NOS/c1-13(2)9-19-10-17-7-14(3)18(15(4)8-17)20-11-16-5-6-21-12-16/h5-8,12-13,19H,9-11H2,1-4H3. The third-order valence-electron chi connectivity index (χ3n) is 3.37. The highest BCUT2D eigenvalue weighted by Crippen LogP contribution is 2.26. The van der Waals surface area contributed by atoms with E-state index in [0.29, 0.717) is 12.5 Å². The molecule has 1 aromatic heterocycles. The molecule has 2 nitrogen and oxygen atoms in total. The van der Waals surface area contributed by atoms with Gasteiger partial charge in [-0.25, -0.2) is 0 Å². The van der Waals surface area contributed by atoms with Crippen LogP contribution in [0.2, 0.25) is 0 Å². The third kappa shape index (κ3) is 4.87. The number of thiophene rings is 1. The molecule has 0 atom stereocenters. The topological polar surface area (TPSA) is 21.3 Å². The van der Waals surface area contributed by atoms with Crippen LogP contribution in [0, 0.1) is 19.8 Å². The predicted molar refractivity (Wildman–Crippen MR) is 91.1 cm³/mol. The number of hydrogen-bond donors (Lipinski definition) is 1. The van der Waals surface area contributed by atoms with Crippen LogP contribution in [0.4, 0.5) is 0 Å². The Morgan fingerprint density at radius 2 is 1.86 bits per heavy atom. The zero-order valence-electron chi connectivity index (χ0n) is 13.4. The second-order valence-corrected chi connectivity index (χ2v) is 6.78. The maximum atomic E-state index is 6.00. The van der Waals surface area contributed by atoms with Crippen LogP contribution in [0.3, 0.4) is 0 Å². The van der Waals surface area contributed by atoms with Crippen molar-refractivity contribution in [3.05, 3.63) is 51.2 Å². The van der Waals surface area contributed by atoms with Crippen molar-refractivity contribution < 1.29 is 4.74 Å². The van der Waals surface area contributed by atoms with Crippen LogP contribution >= 0.6 is 11.3 Å². The first-order valence-corrected chi connectivity index (χ1v) is 8.45. The molecule has 21 heavy (non-hydrogen) atoms. The minimum Gasteiger partial charge on any atom is -0.488 e. The molecule has 114 valence electrons. The lowest BCUT2D eigenvalue weighted by atomic mass is 10.1. The molecule has 0 unspecified atom stereocenters. The summed E-state index contributed by atoms with van der Waals surface area (Å²) in [5, 5.41) is 7.71. The van der Waals surface area contributed by atoms with Gasteiger partial charge in [-0.3, -0.25) is 0 Å². The summed E-state index contributed by atoms with van der Waals surface area (Å²) in [5.41, 5.74) is 4.99. The second-order valence-electron chi connectivity index (χ2n) is 6.00. The van der Waals surface area contributed by atoms with Crippen LogP contribution in [-0.4, -0.2) is 6.54 Å². The molecule has 0 fully saturated rings. The summed E-state index contributed by atoms with van der Waals surface area (Å²) in [7, 11) is 0. The van der Waals surface area contributed by atoms with E-state index in [4.69, 9.17) is 4.74 Å². The molecule has 0 aliphatic rings. The van der Waals surface area contributed by atoms with E-state index >= 15 is 0 Å². The summed E-state index contributed by atoms with van der Waals surface area (Å²) in [5.74, 6) is 1.70. The predicted octanol–water partition coefficient (Wildman–Crippen LogP) is 4.69. The Morgan fingerprint density at radius 3 is 2.43 bits per heavy atom. The molecule has 3 heteroatoms. The highest BCUT2D eigenvalue weighted by molar-refractivity contribution is 7.07. The molecule has 0 spiro atoms. The van der Waals surface area contributed by atoms with Gasteiger partial charge in [0.1, 0.15) is 12.4 Å². The number of hydrogen-bond acceptors (Lipinski definition) is 3. The average molecular weight is 303 g/mol. The Balaban J connectivity index is 1.99. The first-order chi connectivity index (χ1) is 10.1. The summed E-state index contributed by atoms with van der Waals surface area (Å²) >= 11 is 1.71. The molecule has 0 saturated heterocycles. The Morgan fingerprint density at radius 1 is 1.14 bits per heavy atom. The molecule has 0 saturated carbocycles. The Bertz CT molecular complexity index is 538. The second kappa shape index (κ2) is 7.62. The molecule has 1 heterocycles. The van der Waals surface area contributed by atoms with E-state index in [-0.39, 0.29) is 0 Å². The molecular formula is C18H25NOS. The van der Waals surface area contributed by atoms with Gasteiger partial charge in [0, 0.05) is 6.54 Å². The zero-order valence-corrected chi connectivity index (χ0v) is 14.2. The van der Waals surface area contributed by atoms with Gasteiger partial charge in [-0.05, 0) is 65.4 Å². The van der Waals surface area contributed by atoms with Crippen molar-refractivity contribution >= 4 is 11.3 Å². The Kier molecular flexibility index (Phi) is 5.83. The summed E-state index contributed by atoms with van der Waals surface area (Å²) < 4.78 is 6.00. The van der Waals surface area contributed by atoms with Crippen LogP contribution < -0.4 is 10.1 Å². The highest BCUT2D eigenvalue weighted by atomic mass is 32.1. The molecule has 1 N–H and O–H groups in total. The lowest BCUT2D eigenvalue weighted by molar-refractivity contribution is 0.302. The summed E-state index contributed by atoms with van der Waals surface area (Å²) in [6, 6.07) is 6.56. The van der Waals surface area contributed by atoms with Crippen molar-refractivity contribution in [2.75, 3.05) is 6.54 Å². The first-order valence-electron chi connectivity index (χ1n) is 7.51. The lowest BCUT2D eigenvalue weighted by Crippen LogP contribution is -2.19. The van der Waals surface area contributed by atoms with Crippen molar-refractivity contribution in [3.8, 4) is 5.75 Å². The maximum absolute atomic E-state index is 6.00. The molecule has 0 radical (unpaired) electrons. The van der Waals surface area contributed by atoms with Crippen LogP contribution in [0.5, 0.6) is 5.75 Å². The summed E-state index contributed by atoms with van der Waals surface area (Å²) in [6.45, 7) is 11.3. The van der Waals surface area contributed by atoms with Crippen molar-refractivity contribution in [2.45, 2.75) is 40.8 Å². The van der Waals surface area contributed by atoms with Crippen molar-refractivity contribution in [1.82, 2.24) is 5.32 Å². The number of aryl methyl sites for hydroxylation is 2. The monoisotopic (exact) mass is 303 g/mol. The first kappa shape index (κ1) is 16.1. The molecular weight excluding hydrogens is 278 g/mol. The molecule has 0 bridgehead atoms. The van der Waals surface area contributed by atoms with Crippen molar-refractivity contribution in [3.63, 3.8) is 0 Å². The molecule has 0 aliphatic carbocycles. The van der Waals surface area contributed by atoms with E-state index in [2.05, 4.69) is 62.0 Å². The van der Waals surface area contributed by atoms with E-state index in [0.717, 1.165) is 18.8 Å². The normalized spacial score (nSPS) is 11.1. The molecule has 2 aromatic rings. The van der Waals surface area contributed by atoms with Gasteiger partial charge in [0.2, 0.25) is 0 Å². The van der Waals surface area contributed by atoms with Gasteiger partial charge in [-0.2, -0.15) is 11.3 Å². The van der Waals surface area contributed by atoms with E-state index in [9.17, 15) is 0 Å². The van der Waals surface area contributed by atoms with E-state index in [1.54, 1.807) is 11.3 Å². The van der Waals surface area contributed by atoms with Crippen molar-refractivity contribution in [1.29, 1.82) is 0 Å². The zero-order chi connectivity index (χ0) is 15.2. The van der Waals surface area contributed by atoms with Crippen LogP contribution in [0.25, 0.3) is 0 Å². The summed E-state index contributed by atoms with van der Waals surface area (Å²) in [4.78, 5) is 0. The highest BCUT2D eigenvalue weighted by Gasteiger charge is 2.07. The van der Waals surface area contributed by atoms with Crippen molar-refractivity contribution in [2.24, 2.45) is 5.92 Å². The van der Waals surface area contributed by atoms with Crippen LogP contribution in [0.15, 0.2) is 29.0 Å². The van der Waals surface area contributed by atoms with Gasteiger partial charge in [-0.15, -0.1) is 0 Å². The molecule has 2 rings (SSSR count). The van der Waals surface area contributed by atoms with Gasteiger partial charge in [-0.1, -0.05) is 26.0 Å². The SMILES string of the molecule is Cc1cc(CNCC(C)C)cc(C)c1OCc1ccsc1. The van der Waals surface area contributed by atoms with E-state index < -0.39 is 0 Å². The van der Waals surface area contributed by atoms with Crippen LogP contribution in [-0.2, 0) is 13.2 Å². The van der Waals surface area contributed by atoms with Gasteiger partial charge >= 0.3 is 0 Å². The minimum atomic E-state index is 0.649. The third-order valence-corrected chi connectivity index (χ3v) is 4.10. The maximum Gasteiger partial charge on any atom is 0.125 e. The van der Waals surface area contributed by atoms with Crippen LogP contribution in [0.1, 0.15) is 36.1 Å². The largest absolute Gasteiger partial charge is 0.488 e. The van der Waals surface area contributed by atoms with Gasteiger partial charge < -0.3 is 10.1 Å². The Labute approximate surface area is 132 Å².